The normalized spacial score (nSPS) is 14.4. The number of ether oxygens (including phenoxy) is 1. The number of rotatable bonds is 3. The van der Waals surface area contributed by atoms with E-state index in [1.165, 1.54) is 0 Å². The van der Waals surface area contributed by atoms with Gasteiger partial charge in [-0.05, 0) is 37.3 Å². The Morgan fingerprint density at radius 2 is 2.20 bits per heavy atom. The standard InChI is InChI=1S/C17H15N5O3/c1-10(16-21-20-14-4-2-3-7-22(14)16)18-17(24)11-5-6-12-13(8-11)25-9-15(23)19-12/h2-8,10H,9H2,1H3,(H,18,24)(H,19,23)/t10-/m1/s1. The molecule has 0 aliphatic carbocycles. The fraction of sp³-hybridized carbons (Fsp3) is 0.176. The first-order valence-corrected chi connectivity index (χ1v) is 7.79. The first kappa shape index (κ1) is 15.1. The SMILES string of the molecule is C[C@@H](NC(=O)c1ccc2c(c1)OCC(=O)N2)c1nnc2ccccn12. The number of benzene rings is 1. The second-order valence-electron chi connectivity index (χ2n) is 5.73. The second-order valence-corrected chi connectivity index (χ2v) is 5.73. The van der Waals surface area contributed by atoms with Crippen LogP contribution in [0.4, 0.5) is 5.69 Å². The summed E-state index contributed by atoms with van der Waals surface area (Å²) in [6, 6.07) is 10.2. The van der Waals surface area contributed by atoms with Gasteiger partial charge in [-0.25, -0.2) is 0 Å². The predicted molar refractivity (Wildman–Crippen MR) is 89.4 cm³/mol. The van der Waals surface area contributed by atoms with Crippen LogP contribution < -0.4 is 15.4 Å². The number of anilines is 1. The summed E-state index contributed by atoms with van der Waals surface area (Å²) in [5.74, 6) is 0.652. The molecule has 0 spiro atoms. The van der Waals surface area contributed by atoms with E-state index in [4.69, 9.17) is 4.74 Å². The summed E-state index contributed by atoms with van der Waals surface area (Å²) in [7, 11) is 0. The van der Waals surface area contributed by atoms with Gasteiger partial charge in [-0.2, -0.15) is 0 Å². The number of hydrogen-bond donors (Lipinski definition) is 2. The summed E-state index contributed by atoms with van der Waals surface area (Å²) in [5.41, 5.74) is 1.72. The molecule has 0 saturated carbocycles. The van der Waals surface area contributed by atoms with Crippen molar-refractivity contribution < 1.29 is 14.3 Å². The van der Waals surface area contributed by atoms with Crippen LogP contribution in [0.3, 0.4) is 0 Å². The molecule has 3 heterocycles. The van der Waals surface area contributed by atoms with Crippen molar-refractivity contribution in [2.24, 2.45) is 0 Å². The molecule has 1 aromatic carbocycles. The number of fused-ring (bicyclic) bond motifs is 2. The molecule has 0 saturated heterocycles. The van der Waals surface area contributed by atoms with E-state index >= 15 is 0 Å². The summed E-state index contributed by atoms with van der Waals surface area (Å²) in [4.78, 5) is 23.8. The average Bonchev–Trinajstić information content (AvgIpc) is 3.05. The molecule has 126 valence electrons. The Kier molecular flexibility index (Phi) is 3.57. The minimum atomic E-state index is -0.332. The van der Waals surface area contributed by atoms with Crippen molar-refractivity contribution in [1.29, 1.82) is 0 Å². The topological polar surface area (TPSA) is 97.6 Å². The zero-order valence-corrected chi connectivity index (χ0v) is 13.4. The highest BCUT2D eigenvalue weighted by molar-refractivity contribution is 5.99. The molecule has 1 aliphatic heterocycles. The van der Waals surface area contributed by atoms with Crippen LogP contribution in [0.15, 0.2) is 42.6 Å². The Morgan fingerprint density at radius 3 is 3.08 bits per heavy atom. The van der Waals surface area contributed by atoms with E-state index < -0.39 is 0 Å². The lowest BCUT2D eigenvalue weighted by molar-refractivity contribution is -0.118. The molecular weight excluding hydrogens is 322 g/mol. The number of nitrogens with one attached hydrogen (secondary N) is 2. The van der Waals surface area contributed by atoms with Crippen LogP contribution in [-0.4, -0.2) is 33.0 Å². The predicted octanol–water partition coefficient (Wildman–Crippen LogP) is 1.55. The van der Waals surface area contributed by atoms with Crippen molar-refractivity contribution in [3.05, 3.63) is 54.0 Å². The maximum absolute atomic E-state index is 12.5. The van der Waals surface area contributed by atoms with E-state index in [9.17, 15) is 9.59 Å². The zero-order valence-electron chi connectivity index (χ0n) is 13.4. The molecule has 0 fully saturated rings. The minimum absolute atomic E-state index is 0.0553. The number of carbonyl (C=O) groups is 2. The lowest BCUT2D eigenvalue weighted by Crippen LogP contribution is -2.29. The quantitative estimate of drug-likeness (QED) is 0.756. The molecule has 0 radical (unpaired) electrons. The third-order valence-corrected chi connectivity index (χ3v) is 3.95. The van der Waals surface area contributed by atoms with E-state index in [0.717, 1.165) is 5.65 Å². The second kappa shape index (κ2) is 5.90. The molecule has 1 atom stereocenters. The molecule has 0 unspecified atom stereocenters. The van der Waals surface area contributed by atoms with Gasteiger partial charge in [-0.15, -0.1) is 10.2 Å². The highest BCUT2D eigenvalue weighted by Crippen LogP contribution is 2.28. The summed E-state index contributed by atoms with van der Waals surface area (Å²) in [5, 5.41) is 13.8. The minimum Gasteiger partial charge on any atom is -0.482 e. The van der Waals surface area contributed by atoms with Crippen LogP contribution in [0.2, 0.25) is 0 Å². The van der Waals surface area contributed by atoms with Crippen molar-refractivity contribution in [2.45, 2.75) is 13.0 Å². The fourth-order valence-corrected chi connectivity index (χ4v) is 2.72. The summed E-state index contributed by atoms with van der Waals surface area (Å²) in [6.45, 7) is 1.79. The van der Waals surface area contributed by atoms with Gasteiger partial charge in [0, 0.05) is 11.8 Å². The molecule has 2 aromatic heterocycles. The largest absolute Gasteiger partial charge is 0.482 e. The van der Waals surface area contributed by atoms with E-state index in [0.29, 0.717) is 22.8 Å². The van der Waals surface area contributed by atoms with Gasteiger partial charge in [0.2, 0.25) is 0 Å². The van der Waals surface area contributed by atoms with E-state index in [-0.39, 0.29) is 24.5 Å². The van der Waals surface area contributed by atoms with E-state index in [1.54, 1.807) is 18.2 Å². The zero-order chi connectivity index (χ0) is 17.4. The monoisotopic (exact) mass is 337 g/mol. The molecule has 8 heteroatoms. The van der Waals surface area contributed by atoms with E-state index in [1.807, 2.05) is 35.7 Å². The number of aromatic nitrogens is 3. The van der Waals surface area contributed by atoms with Crippen molar-refractivity contribution in [2.75, 3.05) is 11.9 Å². The summed E-state index contributed by atoms with van der Waals surface area (Å²) < 4.78 is 7.17. The maximum atomic E-state index is 12.5. The molecule has 2 amide bonds. The Bertz CT molecular complexity index is 981. The Hall–Kier alpha value is -3.42. The van der Waals surface area contributed by atoms with Gasteiger partial charge in [0.25, 0.3) is 11.8 Å². The lowest BCUT2D eigenvalue weighted by atomic mass is 10.1. The van der Waals surface area contributed by atoms with Gasteiger partial charge in [-0.3, -0.25) is 14.0 Å². The Morgan fingerprint density at radius 1 is 1.32 bits per heavy atom. The number of amides is 2. The molecule has 3 aromatic rings. The van der Waals surface area contributed by atoms with Gasteiger partial charge in [0.1, 0.15) is 5.75 Å². The number of carbonyl (C=O) groups excluding carboxylic acids is 2. The molecule has 2 N–H and O–H groups in total. The smallest absolute Gasteiger partial charge is 0.262 e. The molecular formula is C17H15N5O3. The van der Waals surface area contributed by atoms with Gasteiger partial charge >= 0.3 is 0 Å². The first-order chi connectivity index (χ1) is 12.1. The van der Waals surface area contributed by atoms with Crippen LogP contribution in [-0.2, 0) is 4.79 Å². The maximum Gasteiger partial charge on any atom is 0.262 e. The molecule has 8 nitrogen and oxygen atoms in total. The van der Waals surface area contributed by atoms with Gasteiger partial charge in [0.05, 0.1) is 11.7 Å². The molecule has 4 rings (SSSR count). The van der Waals surface area contributed by atoms with Crippen LogP contribution in [0, 0.1) is 0 Å². The number of pyridine rings is 1. The van der Waals surface area contributed by atoms with Crippen molar-refractivity contribution in [3.63, 3.8) is 0 Å². The lowest BCUT2D eigenvalue weighted by Gasteiger charge is -2.19. The number of nitrogens with zero attached hydrogens (tertiary/aromatic N) is 3. The first-order valence-electron chi connectivity index (χ1n) is 7.79. The van der Waals surface area contributed by atoms with Crippen LogP contribution in [0.5, 0.6) is 5.75 Å². The van der Waals surface area contributed by atoms with Crippen LogP contribution in [0.25, 0.3) is 5.65 Å². The third kappa shape index (κ3) is 2.78. The van der Waals surface area contributed by atoms with Crippen LogP contribution >= 0.6 is 0 Å². The third-order valence-electron chi connectivity index (χ3n) is 3.95. The van der Waals surface area contributed by atoms with Crippen molar-refractivity contribution in [1.82, 2.24) is 19.9 Å². The molecule has 1 aliphatic rings. The Labute approximate surface area is 142 Å². The summed E-state index contributed by atoms with van der Waals surface area (Å²) >= 11 is 0. The summed E-state index contributed by atoms with van der Waals surface area (Å²) in [6.07, 6.45) is 1.85. The average molecular weight is 337 g/mol. The van der Waals surface area contributed by atoms with Crippen LogP contribution in [0.1, 0.15) is 29.1 Å². The Balaban J connectivity index is 1.54. The van der Waals surface area contributed by atoms with Gasteiger partial charge in [-0.1, -0.05) is 6.07 Å². The van der Waals surface area contributed by atoms with Gasteiger partial charge < -0.3 is 15.4 Å². The van der Waals surface area contributed by atoms with Crippen molar-refractivity contribution in [3.8, 4) is 5.75 Å². The van der Waals surface area contributed by atoms with E-state index in [2.05, 4.69) is 20.8 Å². The number of hydrogen-bond acceptors (Lipinski definition) is 5. The van der Waals surface area contributed by atoms with Crippen molar-refractivity contribution >= 4 is 23.1 Å². The highest BCUT2D eigenvalue weighted by Gasteiger charge is 2.20. The molecule has 25 heavy (non-hydrogen) atoms. The molecule has 0 bridgehead atoms. The van der Waals surface area contributed by atoms with Gasteiger partial charge in [0.15, 0.2) is 18.1 Å². The fourth-order valence-electron chi connectivity index (χ4n) is 2.72. The highest BCUT2D eigenvalue weighted by atomic mass is 16.5.